The van der Waals surface area contributed by atoms with Crippen molar-refractivity contribution in [2.75, 3.05) is 6.61 Å². The van der Waals surface area contributed by atoms with Crippen LogP contribution in [-0.4, -0.2) is 12.4 Å². The molecule has 0 bridgehead atoms. The Bertz CT molecular complexity index is 397. The second-order valence-electron chi connectivity index (χ2n) is 4.92. The molecule has 3 heteroatoms. The van der Waals surface area contributed by atoms with Gasteiger partial charge in [0, 0.05) is 10.9 Å². The molecule has 2 nitrogen and oxygen atoms in total. The Labute approximate surface area is 113 Å². The molecule has 98 valence electrons. The van der Waals surface area contributed by atoms with E-state index in [1.54, 1.807) is 0 Å². The molecule has 0 aromatic heterocycles. The zero-order valence-corrected chi connectivity index (χ0v) is 11.3. The van der Waals surface area contributed by atoms with Crippen LogP contribution in [0.2, 0.25) is 5.02 Å². The number of hydrogen-bond donors (Lipinski definition) is 0. The van der Waals surface area contributed by atoms with Gasteiger partial charge in [-0.1, -0.05) is 43.0 Å². The molecule has 18 heavy (non-hydrogen) atoms. The van der Waals surface area contributed by atoms with E-state index in [1.807, 2.05) is 24.3 Å². The predicted octanol–water partition coefficient (Wildman–Crippen LogP) is 4.01. The molecule has 0 aliphatic heterocycles. The number of ketones is 1. The molecular formula is C15H19ClO2. The number of carbonyl (C=O) groups is 1. The number of rotatable bonds is 5. The van der Waals surface area contributed by atoms with E-state index in [9.17, 15) is 4.79 Å². The first kappa shape index (κ1) is 13.6. The lowest BCUT2D eigenvalue weighted by molar-refractivity contribution is -0.128. The Hall–Kier alpha value is -0.860. The van der Waals surface area contributed by atoms with E-state index in [-0.39, 0.29) is 18.3 Å². The number of halogens is 1. The molecule has 0 spiro atoms. The fraction of sp³-hybridized carbons (Fsp3) is 0.533. The summed E-state index contributed by atoms with van der Waals surface area (Å²) in [6, 6.07) is 7.55. The summed E-state index contributed by atoms with van der Waals surface area (Å²) in [5.41, 5.74) is 1.01. The molecule has 0 saturated heterocycles. The maximum Gasteiger partial charge on any atom is 0.161 e. The van der Waals surface area contributed by atoms with E-state index in [1.165, 1.54) is 19.3 Å². The number of hydrogen-bond acceptors (Lipinski definition) is 2. The van der Waals surface area contributed by atoms with E-state index >= 15 is 0 Å². The first-order valence-corrected chi connectivity index (χ1v) is 6.98. The van der Waals surface area contributed by atoms with E-state index in [4.69, 9.17) is 16.3 Å². The van der Waals surface area contributed by atoms with Crippen molar-refractivity contribution in [3.05, 3.63) is 34.9 Å². The fourth-order valence-corrected chi connectivity index (χ4v) is 2.65. The molecular weight excluding hydrogens is 248 g/mol. The standard InChI is InChI=1S/C15H19ClO2/c16-14-8-4-5-12(9-14)10-18-11-15(17)13-6-2-1-3-7-13/h4-5,8-9,13H,1-3,6-7,10-11H2. The largest absolute Gasteiger partial charge is 0.369 e. The zero-order valence-electron chi connectivity index (χ0n) is 10.5. The van der Waals surface area contributed by atoms with Gasteiger partial charge in [-0.05, 0) is 30.5 Å². The van der Waals surface area contributed by atoms with Crippen molar-refractivity contribution >= 4 is 17.4 Å². The van der Waals surface area contributed by atoms with Crippen LogP contribution >= 0.6 is 11.6 Å². The molecule has 1 fully saturated rings. The average molecular weight is 267 g/mol. The smallest absolute Gasteiger partial charge is 0.161 e. The molecule has 0 amide bonds. The van der Waals surface area contributed by atoms with Crippen molar-refractivity contribution in [3.8, 4) is 0 Å². The number of benzene rings is 1. The van der Waals surface area contributed by atoms with Crippen molar-refractivity contribution in [1.29, 1.82) is 0 Å². The molecule has 0 radical (unpaired) electrons. The SMILES string of the molecule is O=C(COCc1cccc(Cl)c1)C1CCCCC1. The highest BCUT2D eigenvalue weighted by atomic mass is 35.5. The normalized spacial score (nSPS) is 16.7. The molecule has 2 rings (SSSR count). The van der Waals surface area contributed by atoms with E-state index < -0.39 is 0 Å². The maximum absolute atomic E-state index is 11.9. The summed E-state index contributed by atoms with van der Waals surface area (Å²) in [7, 11) is 0. The lowest BCUT2D eigenvalue weighted by Crippen LogP contribution is -2.22. The van der Waals surface area contributed by atoms with Gasteiger partial charge in [0.1, 0.15) is 6.61 Å². The van der Waals surface area contributed by atoms with Gasteiger partial charge in [-0.2, -0.15) is 0 Å². The molecule has 0 atom stereocenters. The van der Waals surface area contributed by atoms with Gasteiger partial charge in [0.2, 0.25) is 0 Å². The van der Waals surface area contributed by atoms with E-state index in [2.05, 4.69) is 0 Å². The second kappa shape index (κ2) is 6.91. The fourth-order valence-electron chi connectivity index (χ4n) is 2.44. The van der Waals surface area contributed by atoms with Crippen LogP contribution in [0.25, 0.3) is 0 Å². The number of ether oxygens (including phenoxy) is 1. The van der Waals surface area contributed by atoms with Crippen LogP contribution in [0, 0.1) is 5.92 Å². The number of carbonyl (C=O) groups excluding carboxylic acids is 1. The molecule has 1 aromatic carbocycles. The summed E-state index contributed by atoms with van der Waals surface area (Å²) in [5, 5.41) is 0.703. The van der Waals surface area contributed by atoms with Crippen LogP contribution < -0.4 is 0 Å². The van der Waals surface area contributed by atoms with Gasteiger partial charge in [0.15, 0.2) is 5.78 Å². The van der Waals surface area contributed by atoms with Crippen LogP contribution in [0.15, 0.2) is 24.3 Å². The highest BCUT2D eigenvalue weighted by Crippen LogP contribution is 2.24. The Morgan fingerprint density at radius 1 is 1.28 bits per heavy atom. The van der Waals surface area contributed by atoms with Crippen LogP contribution in [-0.2, 0) is 16.1 Å². The molecule has 1 saturated carbocycles. The van der Waals surface area contributed by atoms with Crippen molar-refractivity contribution < 1.29 is 9.53 Å². The highest BCUT2D eigenvalue weighted by Gasteiger charge is 2.20. The van der Waals surface area contributed by atoms with Crippen molar-refractivity contribution in [1.82, 2.24) is 0 Å². The van der Waals surface area contributed by atoms with Crippen molar-refractivity contribution in [2.24, 2.45) is 5.92 Å². The third kappa shape index (κ3) is 4.11. The lowest BCUT2D eigenvalue weighted by atomic mass is 9.86. The molecule has 1 aliphatic carbocycles. The minimum atomic E-state index is 0.233. The van der Waals surface area contributed by atoms with Gasteiger partial charge in [-0.15, -0.1) is 0 Å². The summed E-state index contributed by atoms with van der Waals surface area (Å²) >= 11 is 5.89. The summed E-state index contributed by atoms with van der Waals surface area (Å²) in [5.74, 6) is 0.495. The molecule has 0 heterocycles. The molecule has 0 unspecified atom stereocenters. The third-order valence-electron chi connectivity index (χ3n) is 3.46. The van der Waals surface area contributed by atoms with Crippen molar-refractivity contribution in [2.45, 2.75) is 38.7 Å². The quantitative estimate of drug-likeness (QED) is 0.805. The Morgan fingerprint density at radius 2 is 2.06 bits per heavy atom. The van der Waals surface area contributed by atoms with Gasteiger partial charge in [-0.3, -0.25) is 4.79 Å². The molecule has 1 aromatic rings. The first-order valence-electron chi connectivity index (χ1n) is 6.60. The summed E-state index contributed by atoms with van der Waals surface area (Å²) in [4.78, 5) is 11.9. The van der Waals surface area contributed by atoms with Crippen molar-refractivity contribution in [3.63, 3.8) is 0 Å². The zero-order chi connectivity index (χ0) is 12.8. The van der Waals surface area contributed by atoms with Gasteiger partial charge < -0.3 is 4.74 Å². The van der Waals surface area contributed by atoms with E-state index in [0.717, 1.165) is 18.4 Å². The maximum atomic E-state index is 11.9. The van der Waals surface area contributed by atoms with Gasteiger partial charge in [0.05, 0.1) is 6.61 Å². The minimum absolute atomic E-state index is 0.233. The molecule has 1 aliphatic rings. The first-order chi connectivity index (χ1) is 8.75. The predicted molar refractivity (Wildman–Crippen MR) is 72.7 cm³/mol. The van der Waals surface area contributed by atoms with Crippen LogP contribution in [0.1, 0.15) is 37.7 Å². The van der Waals surface area contributed by atoms with Gasteiger partial charge in [0.25, 0.3) is 0 Å². The van der Waals surface area contributed by atoms with Crippen LogP contribution in [0.3, 0.4) is 0 Å². The Morgan fingerprint density at radius 3 is 2.78 bits per heavy atom. The third-order valence-corrected chi connectivity index (χ3v) is 3.70. The summed E-state index contributed by atoms with van der Waals surface area (Å²) in [6.45, 7) is 0.691. The summed E-state index contributed by atoms with van der Waals surface area (Å²) in [6.07, 6.45) is 5.72. The monoisotopic (exact) mass is 266 g/mol. The van der Waals surface area contributed by atoms with Gasteiger partial charge >= 0.3 is 0 Å². The highest BCUT2D eigenvalue weighted by molar-refractivity contribution is 6.30. The van der Waals surface area contributed by atoms with Crippen LogP contribution in [0.5, 0.6) is 0 Å². The Kier molecular flexibility index (Phi) is 5.21. The van der Waals surface area contributed by atoms with Gasteiger partial charge in [-0.25, -0.2) is 0 Å². The van der Waals surface area contributed by atoms with Crippen LogP contribution in [0.4, 0.5) is 0 Å². The van der Waals surface area contributed by atoms with E-state index in [0.29, 0.717) is 11.6 Å². The summed E-state index contributed by atoms with van der Waals surface area (Å²) < 4.78 is 5.48. The molecule has 0 N–H and O–H groups in total. The Balaban J connectivity index is 1.73. The minimum Gasteiger partial charge on any atom is -0.369 e. The second-order valence-corrected chi connectivity index (χ2v) is 5.36. The lowest BCUT2D eigenvalue weighted by Gasteiger charge is -2.20. The average Bonchev–Trinajstić information content (AvgIpc) is 2.40. The topological polar surface area (TPSA) is 26.3 Å². The number of Topliss-reactive ketones (excluding diaryl/α,β-unsaturated/α-hetero) is 1.